The van der Waals surface area contributed by atoms with Gasteiger partial charge in [0.2, 0.25) is 5.91 Å². The highest BCUT2D eigenvalue weighted by molar-refractivity contribution is 6.17. The fourth-order valence-corrected chi connectivity index (χ4v) is 4.61. The third-order valence-electron chi connectivity index (χ3n) is 6.69. The Kier molecular flexibility index (Phi) is 8.16. The van der Waals surface area contributed by atoms with E-state index in [1.54, 1.807) is 54.6 Å². The highest BCUT2D eigenvalue weighted by atomic mass is 19.1. The van der Waals surface area contributed by atoms with Gasteiger partial charge in [-0.3, -0.25) is 14.5 Å². The maximum Gasteiger partial charge on any atom is 0.338 e. The van der Waals surface area contributed by atoms with E-state index >= 15 is 4.39 Å². The van der Waals surface area contributed by atoms with Crippen LogP contribution < -0.4 is 0 Å². The zero-order chi connectivity index (χ0) is 28.9. The smallest absolute Gasteiger partial charge is 0.338 e. The molecule has 11 heteroatoms. The van der Waals surface area contributed by atoms with E-state index in [0.29, 0.717) is 4.90 Å². The molecule has 0 bridgehead atoms. The Morgan fingerprint density at radius 1 is 0.805 bits per heavy atom. The van der Waals surface area contributed by atoms with Crippen molar-refractivity contribution in [2.75, 3.05) is 13.2 Å². The summed E-state index contributed by atoms with van der Waals surface area (Å²) >= 11 is 0. The van der Waals surface area contributed by atoms with E-state index in [1.807, 2.05) is 0 Å². The van der Waals surface area contributed by atoms with Gasteiger partial charge in [-0.2, -0.15) is 4.90 Å². The number of alkyl halides is 1. The minimum atomic E-state index is -2.09. The monoisotopic (exact) mass is 560 g/mol. The molecule has 2 fully saturated rings. The van der Waals surface area contributed by atoms with Crippen LogP contribution >= 0.6 is 0 Å². The summed E-state index contributed by atoms with van der Waals surface area (Å²) in [6.45, 7) is -0.734. The summed E-state index contributed by atoms with van der Waals surface area (Å²) < 4.78 is 32.6. The molecule has 2 heterocycles. The second-order valence-electron chi connectivity index (χ2n) is 9.34. The molecule has 4 atom stereocenters. The number of ether oxygens (including phenoxy) is 3. The van der Waals surface area contributed by atoms with Crippen LogP contribution in [-0.4, -0.2) is 77.3 Å². The minimum Gasteiger partial charge on any atom is -0.459 e. The van der Waals surface area contributed by atoms with Gasteiger partial charge in [-0.25, -0.2) is 18.8 Å². The van der Waals surface area contributed by atoms with Gasteiger partial charge in [0.15, 0.2) is 18.5 Å². The van der Waals surface area contributed by atoms with Crippen molar-refractivity contribution in [3.05, 3.63) is 108 Å². The molecule has 1 unspecified atom stereocenters. The van der Waals surface area contributed by atoms with Gasteiger partial charge in [0.1, 0.15) is 12.7 Å². The Balaban J connectivity index is 1.37. The number of urea groups is 1. The summed E-state index contributed by atoms with van der Waals surface area (Å²) in [5.74, 6) is -3.16. The molecule has 0 N–H and O–H groups in total. The van der Waals surface area contributed by atoms with Crippen LogP contribution in [-0.2, 0) is 19.0 Å². The number of hydrogen-bond donors (Lipinski definition) is 0. The van der Waals surface area contributed by atoms with E-state index in [9.17, 15) is 24.0 Å². The molecule has 0 aliphatic carbocycles. The first-order valence-electron chi connectivity index (χ1n) is 12.9. The first-order valence-corrected chi connectivity index (χ1v) is 12.9. The summed E-state index contributed by atoms with van der Waals surface area (Å²) in [5, 5.41) is 0. The first-order chi connectivity index (χ1) is 19.8. The zero-order valence-electron chi connectivity index (χ0n) is 21.6. The van der Waals surface area contributed by atoms with E-state index < -0.39 is 61.0 Å². The van der Waals surface area contributed by atoms with Crippen LogP contribution in [0.15, 0.2) is 91.0 Å². The normalized spacial score (nSPS) is 22.4. The predicted octanol–water partition coefficient (Wildman–Crippen LogP) is 3.63. The quantitative estimate of drug-likeness (QED) is 0.318. The topological polar surface area (TPSA) is 120 Å². The number of imide groups is 3. The standard InChI is InChI=1S/C30H25FN2O8/c31-24-25(41-29(37)21-14-8-3-9-15-21)22(18-39-28(36)20-12-6-2-7-13-20)40-27(24)32-17-16-23(34)33(30(32)38)26(35)19-10-4-1-5-11-19/h1-15,22,24-25,27H,16-18H2/t22-,24?,25+,27-/m1/s1. The van der Waals surface area contributed by atoms with Crippen molar-refractivity contribution in [3.8, 4) is 0 Å². The lowest BCUT2D eigenvalue weighted by Gasteiger charge is -2.36. The second kappa shape index (κ2) is 12.1. The van der Waals surface area contributed by atoms with Gasteiger partial charge >= 0.3 is 18.0 Å². The number of benzene rings is 3. The summed E-state index contributed by atoms with van der Waals surface area (Å²) in [7, 11) is 0. The van der Waals surface area contributed by atoms with Crippen LogP contribution in [0.2, 0.25) is 0 Å². The van der Waals surface area contributed by atoms with Crippen LogP contribution in [0.3, 0.4) is 0 Å². The van der Waals surface area contributed by atoms with Gasteiger partial charge < -0.3 is 14.2 Å². The number of amides is 4. The lowest BCUT2D eigenvalue weighted by Crippen LogP contribution is -2.59. The van der Waals surface area contributed by atoms with Crippen LogP contribution in [0.1, 0.15) is 37.5 Å². The van der Waals surface area contributed by atoms with Crippen LogP contribution in [0.25, 0.3) is 0 Å². The Labute approximate surface area is 234 Å². The van der Waals surface area contributed by atoms with Gasteiger partial charge in [0, 0.05) is 18.5 Å². The second-order valence-corrected chi connectivity index (χ2v) is 9.34. The predicted molar refractivity (Wildman–Crippen MR) is 140 cm³/mol. The molecule has 10 nitrogen and oxygen atoms in total. The van der Waals surface area contributed by atoms with Crippen molar-refractivity contribution in [1.82, 2.24) is 9.80 Å². The summed E-state index contributed by atoms with van der Waals surface area (Å²) in [5.41, 5.74) is 0.500. The number of nitrogens with zero attached hydrogens (tertiary/aromatic N) is 2. The van der Waals surface area contributed by atoms with Gasteiger partial charge in [0.25, 0.3) is 5.91 Å². The van der Waals surface area contributed by atoms with E-state index in [-0.39, 0.29) is 29.7 Å². The fourth-order valence-electron chi connectivity index (χ4n) is 4.61. The number of halogens is 1. The van der Waals surface area contributed by atoms with Crippen molar-refractivity contribution in [2.45, 2.75) is 31.0 Å². The molecule has 0 aromatic heterocycles. The molecule has 0 spiro atoms. The third kappa shape index (κ3) is 5.85. The number of carbonyl (C=O) groups is 5. The summed E-state index contributed by atoms with van der Waals surface area (Å²) in [6, 6.07) is 22.6. The minimum absolute atomic E-state index is 0.0977. The lowest BCUT2D eigenvalue weighted by atomic mass is 10.1. The molecular formula is C30H25FN2O8. The van der Waals surface area contributed by atoms with Crippen LogP contribution in [0, 0.1) is 0 Å². The average Bonchev–Trinajstić information content (AvgIpc) is 3.31. The van der Waals surface area contributed by atoms with E-state index in [4.69, 9.17) is 14.2 Å². The largest absolute Gasteiger partial charge is 0.459 e. The highest BCUT2D eigenvalue weighted by Gasteiger charge is 2.54. The van der Waals surface area contributed by atoms with Gasteiger partial charge in [-0.05, 0) is 36.4 Å². The molecule has 5 rings (SSSR count). The van der Waals surface area contributed by atoms with E-state index in [1.165, 1.54) is 36.4 Å². The van der Waals surface area contributed by atoms with Gasteiger partial charge in [-0.15, -0.1) is 0 Å². The maximum absolute atomic E-state index is 16.0. The van der Waals surface area contributed by atoms with Crippen LogP contribution in [0.5, 0.6) is 0 Å². The van der Waals surface area contributed by atoms with Gasteiger partial charge in [0.05, 0.1) is 11.1 Å². The molecule has 2 saturated heterocycles. The Morgan fingerprint density at radius 2 is 1.34 bits per heavy atom. The molecule has 0 radical (unpaired) electrons. The number of carbonyl (C=O) groups excluding carboxylic acids is 5. The molecule has 4 amide bonds. The lowest BCUT2D eigenvalue weighted by molar-refractivity contribution is -0.133. The Hall–Kier alpha value is -4.90. The zero-order valence-corrected chi connectivity index (χ0v) is 21.6. The SMILES string of the molecule is O=C(OC[C@H]1O[C@@H](N2CCC(=O)N(C(=O)c3ccccc3)C2=O)C(F)[C@H]1OC(=O)c1ccccc1)c1ccccc1. The van der Waals surface area contributed by atoms with Gasteiger partial charge in [-0.1, -0.05) is 54.6 Å². The molecule has 2 aliphatic heterocycles. The van der Waals surface area contributed by atoms with Crippen molar-refractivity contribution in [2.24, 2.45) is 0 Å². The molecule has 3 aromatic carbocycles. The van der Waals surface area contributed by atoms with Crippen molar-refractivity contribution >= 4 is 29.8 Å². The maximum atomic E-state index is 16.0. The Bertz CT molecular complexity index is 1440. The summed E-state index contributed by atoms with van der Waals surface area (Å²) in [6.07, 6.45) is -6.84. The Morgan fingerprint density at radius 3 is 1.93 bits per heavy atom. The number of hydrogen-bond acceptors (Lipinski definition) is 8. The number of rotatable bonds is 7. The molecule has 3 aromatic rings. The third-order valence-corrected chi connectivity index (χ3v) is 6.69. The van der Waals surface area contributed by atoms with E-state index in [0.717, 1.165) is 4.90 Å². The van der Waals surface area contributed by atoms with Crippen molar-refractivity contribution in [3.63, 3.8) is 0 Å². The molecule has 0 saturated carbocycles. The summed E-state index contributed by atoms with van der Waals surface area (Å²) in [4.78, 5) is 65.7. The molecule has 2 aliphatic rings. The fraction of sp³-hybridized carbons (Fsp3) is 0.233. The van der Waals surface area contributed by atoms with Crippen molar-refractivity contribution < 1.29 is 42.6 Å². The highest BCUT2D eigenvalue weighted by Crippen LogP contribution is 2.32. The molecular weight excluding hydrogens is 535 g/mol. The van der Waals surface area contributed by atoms with Crippen LogP contribution in [0.4, 0.5) is 9.18 Å². The van der Waals surface area contributed by atoms with Crippen molar-refractivity contribution in [1.29, 1.82) is 0 Å². The average molecular weight is 561 g/mol. The number of esters is 2. The molecule has 41 heavy (non-hydrogen) atoms. The first kappa shape index (κ1) is 27.7. The molecule has 210 valence electrons. The van der Waals surface area contributed by atoms with E-state index in [2.05, 4.69) is 0 Å².